The fraction of sp³-hybridized carbons (Fsp3) is 0.194. The second-order valence-electron chi connectivity index (χ2n) is 8.75. The third kappa shape index (κ3) is 4.97. The lowest BCUT2D eigenvalue weighted by molar-refractivity contribution is -0.149. The molecule has 0 bridgehead atoms. The van der Waals surface area contributed by atoms with E-state index in [0.717, 1.165) is 11.3 Å². The average Bonchev–Trinajstić information content (AvgIpc) is 3.23. The predicted molar refractivity (Wildman–Crippen MR) is 144 cm³/mol. The summed E-state index contributed by atoms with van der Waals surface area (Å²) in [4.78, 5) is 11.3. The molecule has 5 aromatic rings. The third-order valence-electron chi connectivity index (χ3n) is 6.45. The van der Waals surface area contributed by atoms with Crippen molar-refractivity contribution < 1.29 is 19.4 Å². The lowest BCUT2D eigenvalue weighted by atomic mass is 10.0. The Balaban J connectivity index is 1.32. The first-order chi connectivity index (χ1) is 17.6. The average molecular weight is 480 g/mol. The van der Waals surface area contributed by atoms with Gasteiger partial charge in [-0.15, -0.1) is 0 Å². The highest BCUT2D eigenvalue weighted by Crippen LogP contribution is 2.32. The summed E-state index contributed by atoms with van der Waals surface area (Å²) in [6.45, 7) is 3.40. The van der Waals surface area contributed by atoms with Crippen LogP contribution in [0.15, 0.2) is 97.1 Å². The van der Waals surface area contributed by atoms with Gasteiger partial charge in [0, 0.05) is 34.8 Å². The molecule has 0 fully saturated rings. The van der Waals surface area contributed by atoms with Crippen molar-refractivity contribution >= 4 is 27.8 Å². The van der Waals surface area contributed by atoms with Crippen LogP contribution in [0.1, 0.15) is 12.5 Å². The van der Waals surface area contributed by atoms with Crippen molar-refractivity contribution in [3.05, 3.63) is 103 Å². The Labute approximate surface area is 210 Å². The molecule has 0 aliphatic heterocycles. The Hall–Kier alpha value is -4.09. The molecule has 0 radical (unpaired) electrons. The SMILES string of the molecule is CCO[C@@H](Cc1ccc(OCCn2c3ccccc3c3cc(-c4ccccc4)ccc32)cc1)C(=O)O. The van der Waals surface area contributed by atoms with Gasteiger partial charge in [-0.3, -0.25) is 0 Å². The number of aromatic nitrogens is 1. The van der Waals surface area contributed by atoms with Crippen LogP contribution in [-0.4, -0.2) is 35.0 Å². The third-order valence-corrected chi connectivity index (χ3v) is 6.45. The van der Waals surface area contributed by atoms with Crippen LogP contribution in [0.5, 0.6) is 5.75 Å². The van der Waals surface area contributed by atoms with Crippen LogP contribution in [0.3, 0.4) is 0 Å². The van der Waals surface area contributed by atoms with Gasteiger partial charge in [0.05, 0.1) is 6.54 Å². The Bertz CT molecular complexity index is 1470. The number of rotatable bonds is 10. The van der Waals surface area contributed by atoms with Crippen molar-refractivity contribution in [2.24, 2.45) is 0 Å². The lowest BCUT2D eigenvalue weighted by Crippen LogP contribution is -2.26. The maximum Gasteiger partial charge on any atom is 0.333 e. The van der Waals surface area contributed by atoms with Crippen LogP contribution in [-0.2, 0) is 22.5 Å². The molecule has 182 valence electrons. The van der Waals surface area contributed by atoms with Gasteiger partial charge in [-0.1, -0.05) is 66.7 Å². The van der Waals surface area contributed by atoms with Gasteiger partial charge < -0.3 is 19.1 Å². The largest absolute Gasteiger partial charge is 0.492 e. The van der Waals surface area contributed by atoms with Gasteiger partial charge in [0.25, 0.3) is 0 Å². The summed E-state index contributed by atoms with van der Waals surface area (Å²) in [6.07, 6.45) is -0.505. The molecule has 5 nitrogen and oxygen atoms in total. The molecule has 0 aliphatic rings. The zero-order valence-electron chi connectivity index (χ0n) is 20.3. The number of hydrogen-bond donors (Lipinski definition) is 1. The van der Waals surface area contributed by atoms with Crippen molar-refractivity contribution in [1.29, 1.82) is 0 Å². The van der Waals surface area contributed by atoms with E-state index < -0.39 is 12.1 Å². The lowest BCUT2D eigenvalue weighted by Gasteiger charge is -2.13. The Morgan fingerprint density at radius 3 is 2.31 bits per heavy atom. The zero-order chi connectivity index (χ0) is 24.9. The Kier molecular flexibility index (Phi) is 7.01. The van der Waals surface area contributed by atoms with Crippen LogP contribution in [0.4, 0.5) is 0 Å². The van der Waals surface area contributed by atoms with Gasteiger partial charge in [0.15, 0.2) is 6.10 Å². The maximum absolute atomic E-state index is 11.3. The fourth-order valence-corrected chi connectivity index (χ4v) is 4.71. The number of carboxylic acid groups (broad SMARTS) is 1. The van der Waals surface area contributed by atoms with E-state index in [2.05, 4.69) is 71.3 Å². The quantitative estimate of drug-likeness (QED) is 0.246. The van der Waals surface area contributed by atoms with E-state index in [9.17, 15) is 9.90 Å². The second-order valence-corrected chi connectivity index (χ2v) is 8.75. The first-order valence-electron chi connectivity index (χ1n) is 12.3. The first-order valence-corrected chi connectivity index (χ1v) is 12.3. The minimum atomic E-state index is -0.945. The highest BCUT2D eigenvalue weighted by molar-refractivity contribution is 6.09. The number of para-hydroxylation sites is 1. The minimum Gasteiger partial charge on any atom is -0.492 e. The van der Waals surface area contributed by atoms with Gasteiger partial charge in [0.1, 0.15) is 12.4 Å². The Morgan fingerprint density at radius 1 is 0.833 bits per heavy atom. The number of fused-ring (bicyclic) bond motifs is 3. The van der Waals surface area contributed by atoms with Gasteiger partial charge in [-0.25, -0.2) is 4.79 Å². The van der Waals surface area contributed by atoms with E-state index >= 15 is 0 Å². The number of ether oxygens (including phenoxy) is 2. The number of carbonyl (C=O) groups is 1. The molecular weight excluding hydrogens is 450 g/mol. The molecule has 1 heterocycles. The normalized spacial score (nSPS) is 12.1. The highest BCUT2D eigenvalue weighted by Gasteiger charge is 2.18. The number of carboxylic acids is 1. The Morgan fingerprint density at radius 2 is 1.56 bits per heavy atom. The van der Waals surface area contributed by atoms with E-state index in [-0.39, 0.29) is 0 Å². The number of aliphatic carboxylic acids is 1. The summed E-state index contributed by atoms with van der Waals surface area (Å²) >= 11 is 0. The molecule has 36 heavy (non-hydrogen) atoms. The van der Waals surface area contributed by atoms with Crippen molar-refractivity contribution in [2.75, 3.05) is 13.2 Å². The highest BCUT2D eigenvalue weighted by atomic mass is 16.5. The van der Waals surface area contributed by atoms with Crippen LogP contribution in [0.25, 0.3) is 32.9 Å². The molecule has 0 saturated carbocycles. The summed E-state index contributed by atoms with van der Waals surface area (Å²) in [7, 11) is 0. The molecule has 0 unspecified atom stereocenters. The monoisotopic (exact) mass is 479 g/mol. The molecule has 0 saturated heterocycles. The summed E-state index contributed by atoms with van der Waals surface area (Å²) in [5, 5.41) is 11.8. The molecule has 0 amide bonds. The van der Waals surface area contributed by atoms with Crippen molar-refractivity contribution in [3.8, 4) is 16.9 Å². The fourth-order valence-electron chi connectivity index (χ4n) is 4.71. The molecule has 5 heteroatoms. The van der Waals surface area contributed by atoms with E-state index in [0.29, 0.717) is 26.2 Å². The molecule has 1 aromatic heterocycles. The minimum absolute atomic E-state index is 0.329. The van der Waals surface area contributed by atoms with Crippen molar-refractivity contribution in [3.63, 3.8) is 0 Å². The van der Waals surface area contributed by atoms with Gasteiger partial charge in [-0.2, -0.15) is 0 Å². The molecule has 4 aromatic carbocycles. The van der Waals surface area contributed by atoms with E-state index in [1.165, 1.54) is 32.9 Å². The van der Waals surface area contributed by atoms with Crippen LogP contribution < -0.4 is 4.74 Å². The summed E-state index contributed by atoms with van der Waals surface area (Å²) in [5.41, 5.74) is 5.69. The van der Waals surface area contributed by atoms with Crippen LogP contribution in [0, 0.1) is 0 Å². The van der Waals surface area contributed by atoms with Crippen LogP contribution >= 0.6 is 0 Å². The standard InChI is InChI=1S/C31H29NO4/c1-2-35-30(31(33)34)20-22-12-15-25(16-13-22)36-19-18-32-28-11-7-6-10-26(28)27-21-24(14-17-29(27)32)23-8-4-3-5-9-23/h3-17,21,30H,2,18-20H2,1H3,(H,33,34)/t30-/m0/s1. The molecule has 0 spiro atoms. The number of benzene rings is 4. The molecule has 1 N–H and O–H groups in total. The zero-order valence-corrected chi connectivity index (χ0v) is 20.3. The molecule has 0 aliphatic carbocycles. The molecule has 1 atom stereocenters. The first kappa shape index (κ1) is 23.6. The number of hydrogen-bond acceptors (Lipinski definition) is 3. The maximum atomic E-state index is 11.3. The topological polar surface area (TPSA) is 60.7 Å². The van der Waals surface area contributed by atoms with E-state index in [1.807, 2.05) is 30.3 Å². The summed E-state index contributed by atoms with van der Waals surface area (Å²) in [6, 6.07) is 33.2. The van der Waals surface area contributed by atoms with Crippen molar-refractivity contribution in [2.45, 2.75) is 26.0 Å². The smallest absolute Gasteiger partial charge is 0.333 e. The second kappa shape index (κ2) is 10.7. The van der Waals surface area contributed by atoms with Crippen molar-refractivity contribution in [1.82, 2.24) is 4.57 Å². The van der Waals surface area contributed by atoms with E-state index in [4.69, 9.17) is 9.47 Å². The summed E-state index contributed by atoms with van der Waals surface area (Å²) < 4.78 is 13.7. The molecule has 5 rings (SSSR count). The summed E-state index contributed by atoms with van der Waals surface area (Å²) in [5.74, 6) is -0.187. The van der Waals surface area contributed by atoms with Gasteiger partial charge in [-0.05, 0) is 53.9 Å². The van der Waals surface area contributed by atoms with Gasteiger partial charge >= 0.3 is 5.97 Å². The number of nitrogens with zero attached hydrogens (tertiary/aromatic N) is 1. The van der Waals surface area contributed by atoms with Crippen LogP contribution in [0.2, 0.25) is 0 Å². The molecular formula is C31H29NO4. The predicted octanol–water partition coefficient (Wildman–Crippen LogP) is 6.57. The van der Waals surface area contributed by atoms with E-state index in [1.54, 1.807) is 6.92 Å². The van der Waals surface area contributed by atoms with Gasteiger partial charge in [0.2, 0.25) is 0 Å².